The van der Waals surface area contributed by atoms with Crippen molar-refractivity contribution in [2.75, 3.05) is 36.4 Å². The molecule has 0 fully saturated rings. The molecule has 0 radical (unpaired) electrons. The molecule has 160 valence electrons. The predicted octanol–water partition coefficient (Wildman–Crippen LogP) is 2.82. The second-order valence-corrected chi connectivity index (χ2v) is 7.34. The lowest BCUT2D eigenvalue weighted by Gasteiger charge is -2.26. The van der Waals surface area contributed by atoms with Crippen molar-refractivity contribution in [3.63, 3.8) is 0 Å². The number of anilines is 2. The van der Waals surface area contributed by atoms with Gasteiger partial charge in [-0.15, -0.1) is 0 Å². The van der Waals surface area contributed by atoms with E-state index in [-0.39, 0.29) is 37.9 Å². The third kappa shape index (κ3) is 7.17. The average molecular weight is 431 g/mol. The zero-order valence-electron chi connectivity index (χ0n) is 17.2. The van der Waals surface area contributed by atoms with Crippen LogP contribution in [0.1, 0.15) is 18.9 Å². The molecule has 0 saturated heterocycles. The van der Waals surface area contributed by atoms with Crippen molar-refractivity contribution in [3.05, 3.63) is 59.1 Å². The standard InChI is InChI=1S/C22H27ClN4O3/c1-3-26(14-21(29)25-19-13-17(23)10-9-16(19)2)15-22(30)27(12-11-20(24)28)18-7-5-4-6-8-18/h4-10,13H,3,11-12,14-15H2,1-2H3,(H2,24,28)(H,25,29). The first kappa shape index (κ1) is 23.4. The Morgan fingerprint density at radius 2 is 1.77 bits per heavy atom. The highest BCUT2D eigenvalue weighted by molar-refractivity contribution is 6.31. The van der Waals surface area contributed by atoms with Crippen molar-refractivity contribution < 1.29 is 14.4 Å². The van der Waals surface area contributed by atoms with Gasteiger partial charge in [-0.1, -0.05) is 42.8 Å². The van der Waals surface area contributed by atoms with Crippen LogP contribution in [0.4, 0.5) is 11.4 Å². The maximum Gasteiger partial charge on any atom is 0.241 e. The van der Waals surface area contributed by atoms with E-state index < -0.39 is 5.91 Å². The monoisotopic (exact) mass is 430 g/mol. The van der Waals surface area contributed by atoms with Gasteiger partial charge in [0.25, 0.3) is 0 Å². The summed E-state index contributed by atoms with van der Waals surface area (Å²) in [5, 5.41) is 3.37. The number of amides is 3. The highest BCUT2D eigenvalue weighted by Gasteiger charge is 2.20. The molecule has 0 saturated carbocycles. The minimum atomic E-state index is -0.479. The maximum absolute atomic E-state index is 12.9. The summed E-state index contributed by atoms with van der Waals surface area (Å²) >= 11 is 6.00. The molecule has 0 aromatic heterocycles. The lowest BCUT2D eigenvalue weighted by Crippen LogP contribution is -2.44. The Bertz CT molecular complexity index is 889. The molecule has 0 bridgehead atoms. The van der Waals surface area contributed by atoms with E-state index in [4.69, 9.17) is 17.3 Å². The molecule has 0 atom stereocenters. The Balaban J connectivity index is 2.04. The van der Waals surface area contributed by atoms with Gasteiger partial charge in [0.2, 0.25) is 17.7 Å². The van der Waals surface area contributed by atoms with Gasteiger partial charge in [0.1, 0.15) is 0 Å². The molecule has 0 heterocycles. The van der Waals surface area contributed by atoms with Crippen molar-refractivity contribution in [3.8, 4) is 0 Å². The van der Waals surface area contributed by atoms with Crippen molar-refractivity contribution in [1.29, 1.82) is 0 Å². The SMILES string of the molecule is CCN(CC(=O)Nc1cc(Cl)ccc1C)CC(=O)N(CCC(N)=O)c1ccccc1. The summed E-state index contributed by atoms with van der Waals surface area (Å²) in [5.74, 6) is -0.929. The number of carbonyl (C=O) groups is 3. The molecule has 0 aliphatic rings. The van der Waals surface area contributed by atoms with Gasteiger partial charge < -0.3 is 16.0 Å². The summed E-state index contributed by atoms with van der Waals surface area (Å²) in [6, 6.07) is 14.4. The average Bonchev–Trinajstić information content (AvgIpc) is 2.71. The van der Waals surface area contributed by atoms with Gasteiger partial charge in [0.05, 0.1) is 13.1 Å². The van der Waals surface area contributed by atoms with Gasteiger partial charge >= 0.3 is 0 Å². The van der Waals surface area contributed by atoms with E-state index in [0.717, 1.165) is 5.56 Å². The van der Waals surface area contributed by atoms with E-state index in [0.29, 0.717) is 22.9 Å². The number of primary amides is 1. The Hall–Kier alpha value is -2.90. The molecule has 2 aromatic rings. The minimum absolute atomic E-state index is 0.0338. The fourth-order valence-corrected chi connectivity index (χ4v) is 3.08. The zero-order chi connectivity index (χ0) is 22.1. The molecular formula is C22H27ClN4O3. The molecule has 8 heteroatoms. The molecule has 3 N–H and O–H groups in total. The number of hydrogen-bond acceptors (Lipinski definition) is 4. The Labute approximate surface area is 181 Å². The van der Waals surface area contributed by atoms with E-state index in [2.05, 4.69) is 5.32 Å². The number of halogens is 1. The highest BCUT2D eigenvalue weighted by atomic mass is 35.5. The third-order valence-electron chi connectivity index (χ3n) is 4.60. The molecule has 0 spiro atoms. The van der Waals surface area contributed by atoms with E-state index in [1.807, 2.05) is 38.1 Å². The van der Waals surface area contributed by atoms with E-state index in [1.165, 1.54) is 4.90 Å². The van der Waals surface area contributed by atoms with Crippen LogP contribution < -0.4 is 16.0 Å². The molecule has 7 nitrogen and oxygen atoms in total. The molecule has 3 amide bonds. The zero-order valence-corrected chi connectivity index (χ0v) is 18.0. The topological polar surface area (TPSA) is 95.7 Å². The van der Waals surface area contributed by atoms with Crippen LogP contribution in [-0.4, -0.2) is 48.8 Å². The van der Waals surface area contributed by atoms with E-state index in [9.17, 15) is 14.4 Å². The highest BCUT2D eigenvalue weighted by Crippen LogP contribution is 2.20. The number of nitrogens with two attached hydrogens (primary N) is 1. The van der Waals surface area contributed by atoms with E-state index >= 15 is 0 Å². The van der Waals surface area contributed by atoms with Crippen molar-refractivity contribution in [2.45, 2.75) is 20.3 Å². The van der Waals surface area contributed by atoms with Gasteiger partial charge in [0.15, 0.2) is 0 Å². The largest absolute Gasteiger partial charge is 0.370 e. The lowest BCUT2D eigenvalue weighted by atomic mass is 10.2. The second-order valence-electron chi connectivity index (χ2n) is 6.91. The Morgan fingerprint density at radius 3 is 2.40 bits per heavy atom. The van der Waals surface area contributed by atoms with Crippen LogP contribution in [0.2, 0.25) is 5.02 Å². The van der Waals surface area contributed by atoms with Gasteiger partial charge in [-0.05, 0) is 43.3 Å². The number of hydrogen-bond donors (Lipinski definition) is 2. The van der Waals surface area contributed by atoms with Crippen LogP contribution in [0.15, 0.2) is 48.5 Å². The maximum atomic E-state index is 12.9. The van der Waals surface area contributed by atoms with Gasteiger partial charge in [-0.2, -0.15) is 0 Å². The van der Waals surface area contributed by atoms with Crippen LogP contribution >= 0.6 is 11.6 Å². The summed E-state index contributed by atoms with van der Waals surface area (Å²) in [7, 11) is 0. The molecular weight excluding hydrogens is 404 g/mol. The van der Waals surface area contributed by atoms with Crippen LogP contribution in [0.3, 0.4) is 0 Å². The van der Waals surface area contributed by atoms with Crippen LogP contribution in [0.5, 0.6) is 0 Å². The van der Waals surface area contributed by atoms with Crippen LogP contribution in [0, 0.1) is 6.92 Å². The Kier molecular flexibility index (Phi) is 8.83. The lowest BCUT2D eigenvalue weighted by molar-refractivity contribution is -0.121. The fraction of sp³-hybridized carbons (Fsp3) is 0.318. The normalized spacial score (nSPS) is 10.7. The number of likely N-dealkylation sites (N-methyl/N-ethyl adjacent to an activating group) is 1. The fourth-order valence-electron chi connectivity index (χ4n) is 2.91. The summed E-state index contributed by atoms with van der Waals surface area (Å²) < 4.78 is 0. The molecule has 0 aliphatic heterocycles. The molecule has 0 aliphatic carbocycles. The first-order chi connectivity index (χ1) is 14.3. The number of nitrogens with zero attached hydrogens (tertiary/aromatic N) is 2. The first-order valence-electron chi connectivity index (χ1n) is 9.72. The van der Waals surface area contributed by atoms with Gasteiger partial charge in [-0.3, -0.25) is 19.3 Å². The molecule has 30 heavy (non-hydrogen) atoms. The molecule has 0 unspecified atom stereocenters. The smallest absolute Gasteiger partial charge is 0.241 e. The van der Waals surface area contributed by atoms with Crippen molar-refractivity contribution >= 4 is 40.7 Å². The van der Waals surface area contributed by atoms with Crippen molar-refractivity contribution in [1.82, 2.24) is 4.90 Å². The number of nitrogens with one attached hydrogen (secondary N) is 1. The van der Waals surface area contributed by atoms with Gasteiger partial charge in [0, 0.05) is 29.4 Å². The Morgan fingerprint density at radius 1 is 1.07 bits per heavy atom. The van der Waals surface area contributed by atoms with Gasteiger partial charge in [-0.25, -0.2) is 0 Å². The summed E-state index contributed by atoms with van der Waals surface area (Å²) in [5.41, 5.74) is 7.48. The van der Waals surface area contributed by atoms with Crippen LogP contribution in [0.25, 0.3) is 0 Å². The minimum Gasteiger partial charge on any atom is -0.370 e. The van der Waals surface area contributed by atoms with Crippen LogP contribution in [-0.2, 0) is 14.4 Å². The summed E-state index contributed by atoms with van der Waals surface area (Å²) in [6.45, 7) is 4.53. The number of para-hydroxylation sites is 1. The first-order valence-corrected chi connectivity index (χ1v) is 10.1. The number of rotatable bonds is 10. The predicted molar refractivity (Wildman–Crippen MR) is 120 cm³/mol. The number of benzene rings is 2. The number of aryl methyl sites for hydroxylation is 1. The quantitative estimate of drug-likeness (QED) is 0.605. The summed E-state index contributed by atoms with van der Waals surface area (Å²) in [6.07, 6.45) is 0.0568. The number of carbonyl (C=O) groups excluding carboxylic acids is 3. The summed E-state index contributed by atoms with van der Waals surface area (Å²) in [4.78, 5) is 39.9. The van der Waals surface area contributed by atoms with E-state index in [1.54, 1.807) is 29.2 Å². The van der Waals surface area contributed by atoms with Crippen molar-refractivity contribution in [2.24, 2.45) is 5.73 Å². The second kappa shape index (κ2) is 11.3. The molecule has 2 rings (SSSR count). The third-order valence-corrected chi connectivity index (χ3v) is 4.83. The molecule has 2 aromatic carbocycles.